The van der Waals surface area contributed by atoms with Crippen LogP contribution in [0.3, 0.4) is 0 Å². The first-order chi connectivity index (χ1) is 8.54. The molecule has 100 valence electrons. The molecule has 0 saturated carbocycles. The number of hydrogen-bond donors (Lipinski definition) is 1. The highest BCUT2D eigenvalue weighted by atomic mass is 16.5. The third kappa shape index (κ3) is 2.93. The number of hydrogen-bond acceptors (Lipinski definition) is 2. The standard InChI is InChI=1S/C16H25NO/c1-5-16(4)10-11-18-15(13(3)17-16)14-8-6-12(2)7-9-14/h6-9,13,15,17H,5,10-11H2,1-4H3. The van der Waals surface area contributed by atoms with Crippen molar-refractivity contribution < 1.29 is 4.74 Å². The average molecular weight is 247 g/mol. The van der Waals surface area contributed by atoms with Crippen LogP contribution < -0.4 is 5.32 Å². The summed E-state index contributed by atoms with van der Waals surface area (Å²) >= 11 is 0. The first-order valence-electron chi connectivity index (χ1n) is 7.00. The zero-order chi connectivity index (χ0) is 13.2. The van der Waals surface area contributed by atoms with Gasteiger partial charge in [0, 0.05) is 18.2 Å². The van der Waals surface area contributed by atoms with Crippen LogP contribution >= 0.6 is 0 Å². The summed E-state index contributed by atoms with van der Waals surface area (Å²) in [5.74, 6) is 0. The Morgan fingerprint density at radius 2 is 2.00 bits per heavy atom. The molecule has 1 aliphatic rings. The molecule has 0 spiro atoms. The van der Waals surface area contributed by atoms with E-state index in [9.17, 15) is 0 Å². The SMILES string of the molecule is CCC1(C)CCOC(c2ccc(C)cc2)C(C)N1. The Morgan fingerprint density at radius 3 is 2.61 bits per heavy atom. The molecule has 0 bridgehead atoms. The molecule has 1 saturated heterocycles. The van der Waals surface area contributed by atoms with Crippen LogP contribution in [-0.4, -0.2) is 18.2 Å². The largest absolute Gasteiger partial charge is 0.372 e. The van der Waals surface area contributed by atoms with Crippen LogP contribution in [0.4, 0.5) is 0 Å². The minimum absolute atomic E-state index is 0.166. The molecule has 1 fully saturated rings. The predicted molar refractivity (Wildman–Crippen MR) is 75.8 cm³/mol. The Bertz CT molecular complexity index is 387. The lowest BCUT2D eigenvalue weighted by Crippen LogP contribution is -2.47. The molecule has 1 N–H and O–H groups in total. The lowest BCUT2D eigenvalue weighted by atomic mass is 9.93. The Kier molecular flexibility index (Phi) is 4.08. The molecule has 1 aromatic carbocycles. The fourth-order valence-corrected chi connectivity index (χ4v) is 2.67. The molecule has 0 aromatic heterocycles. The number of aryl methyl sites for hydroxylation is 1. The van der Waals surface area contributed by atoms with Crippen LogP contribution in [0.25, 0.3) is 0 Å². The Hall–Kier alpha value is -0.860. The van der Waals surface area contributed by atoms with Crippen LogP contribution in [0.2, 0.25) is 0 Å². The van der Waals surface area contributed by atoms with Crippen LogP contribution in [-0.2, 0) is 4.74 Å². The number of rotatable bonds is 2. The lowest BCUT2D eigenvalue weighted by molar-refractivity contribution is 0.0460. The summed E-state index contributed by atoms with van der Waals surface area (Å²) in [6.07, 6.45) is 2.39. The Morgan fingerprint density at radius 1 is 1.33 bits per heavy atom. The van der Waals surface area contributed by atoms with Gasteiger partial charge in [0.25, 0.3) is 0 Å². The fraction of sp³-hybridized carbons (Fsp3) is 0.625. The molecular weight excluding hydrogens is 222 g/mol. The normalized spacial score (nSPS) is 33.1. The van der Waals surface area contributed by atoms with E-state index in [2.05, 4.69) is 57.3 Å². The van der Waals surface area contributed by atoms with Crippen molar-refractivity contribution in [3.63, 3.8) is 0 Å². The molecule has 1 aromatic rings. The van der Waals surface area contributed by atoms with Gasteiger partial charge in [0.2, 0.25) is 0 Å². The first-order valence-corrected chi connectivity index (χ1v) is 7.00. The summed E-state index contributed by atoms with van der Waals surface area (Å²) in [4.78, 5) is 0. The zero-order valence-corrected chi connectivity index (χ0v) is 12.0. The van der Waals surface area contributed by atoms with Gasteiger partial charge in [-0.1, -0.05) is 36.8 Å². The maximum Gasteiger partial charge on any atom is 0.0975 e. The maximum absolute atomic E-state index is 6.08. The van der Waals surface area contributed by atoms with E-state index in [0.717, 1.165) is 19.4 Å². The summed E-state index contributed by atoms with van der Waals surface area (Å²) in [6, 6.07) is 9.05. The van der Waals surface area contributed by atoms with Gasteiger partial charge in [0.15, 0.2) is 0 Å². The molecular formula is C16H25NO. The van der Waals surface area contributed by atoms with E-state index in [4.69, 9.17) is 4.74 Å². The molecule has 3 atom stereocenters. The van der Waals surface area contributed by atoms with E-state index in [0.29, 0.717) is 6.04 Å². The molecule has 2 rings (SSSR count). The van der Waals surface area contributed by atoms with Crippen molar-refractivity contribution in [1.29, 1.82) is 0 Å². The quantitative estimate of drug-likeness (QED) is 0.862. The van der Waals surface area contributed by atoms with Gasteiger partial charge in [-0.05, 0) is 39.2 Å². The molecule has 2 nitrogen and oxygen atoms in total. The minimum atomic E-state index is 0.166. The second-order valence-corrected chi connectivity index (χ2v) is 5.80. The van der Waals surface area contributed by atoms with Gasteiger partial charge in [0.1, 0.15) is 0 Å². The van der Waals surface area contributed by atoms with E-state index < -0.39 is 0 Å². The average Bonchev–Trinajstić information content (AvgIpc) is 2.50. The number of ether oxygens (including phenoxy) is 1. The van der Waals surface area contributed by atoms with Crippen molar-refractivity contribution in [2.45, 2.75) is 58.2 Å². The number of benzene rings is 1. The van der Waals surface area contributed by atoms with Crippen molar-refractivity contribution >= 4 is 0 Å². The van der Waals surface area contributed by atoms with Gasteiger partial charge in [-0.25, -0.2) is 0 Å². The van der Waals surface area contributed by atoms with E-state index >= 15 is 0 Å². The minimum Gasteiger partial charge on any atom is -0.372 e. The van der Waals surface area contributed by atoms with E-state index in [1.807, 2.05) is 0 Å². The Labute approximate surface area is 111 Å². The summed E-state index contributed by atoms with van der Waals surface area (Å²) in [5.41, 5.74) is 2.78. The zero-order valence-electron chi connectivity index (χ0n) is 12.0. The third-order valence-corrected chi connectivity index (χ3v) is 4.17. The highest BCUT2D eigenvalue weighted by Gasteiger charge is 2.32. The third-order valence-electron chi connectivity index (χ3n) is 4.17. The molecule has 0 radical (unpaired) electrons. The van der Waals surface area contributed by atoms with Gasteiger partial charge in [0.05, 0.1) is 6.10 Å². The van der Waals surface area contributed by atoms with E-state index in [1.54, 1.807) is 0 Å². The van der Waals surface area contributed by atoms with Crippen LogP contribution in [0, 0.1) is 6.92 Å². The van der Waals surface area contributed by atoms with Crippen molar-refractivity contribution in [1.82, 2.24) is 5.32 Å². The van der Waals surface area contributed by atoms with Crippen molar-refractivity contribution in [3.8, 4) is 0 Å². The lowest BCUT2D eigenvalue weighted by Gasteiger charge is -2.31. The molecule has 2 heteroatoms. The Balaban J connectivity index is 2.16. The molecule has 18 heavy (non-hydrogen) atoms. The highest BCUT2D eigenvalue weighted by molar-refractivity contribution is 5.24. The van der Waals surface area contributed by atoms with Gasteiger partial charge in [-0.15, -0.1) is 0 Å². The molecule has 0 aliphatic carbocycles. The van der Waals surface area contributed by atoms with Gasteiger partial charge >= 0.3 is 0 Å². The summed E-state index contributed by atoms with van der Waals surface area (Å²) in [5, 5.41) is 3.74. The summed E-state index contributed by atoms with van der Waals surface area (Å²) in [7, 11) is 0. The monoisotopic (exact) mass is 247 g/mol. The van der Waals surface area contributed by atoms with E-state index in [1.165, 1.54) is 11.1 Å². The van der Waals surface area contributed by atoms with Gasteiger partial charge in [-0.2, -0.15) is 0 Å². The second-order valence-electron chi connectivity index (χ2n) is 5.80. The predicted octanol–water partition coefficient (Wildman–Crippen LogP) is 3.60. The van der Waals surface area contributed by atoms with Crippen molar-refractivity contribution in [2.24, 2.45) is 0 Å². The van der Waals surface area contributed by atoms with E-state index in [-0.39, 0.29) is 11.6 Å². The maximum atomic E-state index is 6.08. The summed E-state index contributed by atoms with van der Waals surface area (Å²) < 4.78 is 6.08. The van der Waals surface area contributed by atoms with Crippen LogP contribution in [0.15, 0.2) is 24.3 Å². The topological polar surface area (TPSA) is 21.3 Å². The smallest absolute Gasteiger partial charge is 0.0975 e. The van der Waals surface area contributed by atoms with Gasteiger partial charge in [-0.3, -0.25) is 0 Å². The fourth-order valence-electron chi connectivity index (χ4n) is 2.67. The van der Waals surface area contributed by atoms with Gasteiger partial charge < -0.3 is 10.1 Å². The van der Waals surface area contributed by atoms with Crippen molar-refractivity contribution in [2.75, 3.05) is 6.61 Å². The number of nitrogens with one attached hydrogen (secondary N) is 1. The second kappa shape index (κ2) is 5.41. The molecule has 1 aliphatic heterocycles. The summed E-state index contributed by atoms with van der Waals surface area (Å²) in [6.45, 7) is 9.72. The first kappa shape index (κ1) is 13.6. The van der Waals surface area contributed by atoms with Crippen LogP contribution in [0.1, 0.15) is 50.8 Å². The molecule has 0 amide bonds. The highest BCUT2D eigenvalue weighted by Crippen LogP contribution is 2.29. The molecule has 1 heterocycles. The van der Waals surface area contributed by atoms with Crippen molar-refractivity contribution in [3.05, 3.63) is 35.4 Å². The molecule has 3 unspecified atom stereocenters. The van der Waals surface area contributed by atoms with Crippen LogP contribution in [0.5, 0.6) is 0 Å².